The van der Waals surface area contributed by atoms with Crippen LogP contribution in [0, 0.1) is 11.3 Å². The third-order valence-corrected chi connectivity index (χ3v) is 4.52. The third kappa shape index (κ3) is 2.21. The molecule has 2 aromatic rings. The Hall–Kier alpha value is -1.77. The number of nitrogens with zero attached hydrogens (tertiary/aromatic N) is 1. The topological polar surface area (TPSA) is 36.1 Å². The van der Waals surface area contributed by atoms with Crippen LogP contribution >= 0.6 is 0 Å². The van der Waals surface area contributed by atoms with Crippen LogP contribution in [-0.4, -0.2) is 28.9 Å². The molecular weight excluding hydrogens is 248 g/mol. The summed E-state index contributed by atoms with van der Waals surface area (Å²) in [6.45, 7) is 8.53. The minimum Gasteiger partial charge on any atom is -0.361 e. The van der Waals surface area contributed by atoms with E-state index in [1.54, 1.807) is 0 Å². The number of carbonyl (C=O) groups excluding carboxylic acids is 1. The zero-order valence-corrected chi connectivity index (χ0v) is 12.4. The molecule has 3 rings (SSSR count). The van der Waals surface area contributed by atoms with Gasteiger partial charge in [0.1, 0.15) is 0 Å². The summed E-state index contributed by atoms with van der Waals surface area (Å²) < 4.78 is 0. The Kier molecular flexibility index (Phi) is 3.08. The predicted molar refractivity (Wildman–Crippen MR) is 81.8 cm³/mol. The van der Waals surface area contributed by atoms with Crippen molar-refractivity contribution in [1.29, 1.82) is 0 Å². The number of hydrogen-bond acceptors (Lipinski definition) is 1. The van der Waals surface area contributed by atoms with Crippen LogP contribution in [0.5, 0.6) is 0 Å². The number of likely N-dealkylation sites (tertiary alicyclic amines) is 1. The Bertz CT molecular complexity index is 636. The summed E-state index contributed by atoms with van der Waals surface area (Å²) in [6, 6.07) is 7.92. The molecule has 0 aliphatic carbocycles. The molecule has 3 heteroatoms. The fourth-order valence-corrected chi connectivity index (χ4v) is 3.09. The van der Waals surface area contributed by atoms with Crippen molar-refractivity contribution < 1.29 is 4.79 Å². The summed E-state index contributed by atoms with van der Waals surface area (Å²) in [6.07, 6.45) is 3.00. The van der Waals surface area contributed by atoms with Gasteiger partial charge in [0.15, 0.2) is 0 Å². The van der Waals surface area contributed by atoms with E-state index in [-0.39, 0.29) is 11.3 Å². The molecule has 0 bridgehead atoms. The zero-order valence-electron chi connectivity index (χ0n) is 12.4. The van der Waals surface area contributed by atoms with Crippen molar-refractivity contribution in [2.75, 3.05) is 13.1 Å². The van der Waals surface area contributed by atoms with E-state index >= 15 is 0 Å². The van der Waals surface area contributed by atoms with E-state index in [0.29, 0.717) is 5.92 Å². The number of fused-ring (bicyclic) bond motifs is 1. The van der Waals surface area contributed by atoms with Crippen LogP contribution in [-0.2, 0) is 0 Å². The Morgan fingerprint density at radius 1 is 1.30 bits per heavy atom. The molecule has 1 saturated heterocycles. The monoisotopic (exact) mass is 270 g/mol. The van der Waals surface area contributed by atoms with Gasteiger partial charge in [-0.15, -0.1) is 0 Å². The molecule has 20 heavy (non-hydrogen) atoms. The average molecular weight is 270 g/mol. The average Bonchev–Trinajstić information content (AvgIpc) is 3.05. The van der Waals surface area contributed by atoms with Gasteiger partial charge in [0, 0.05) is 24.7 Å². The van der Waals surface area contributed by atoms with Crippen molar-refractivity contribution in [2.24, 2.45) is 11.3 Å². The number of aromatic nitrogens is 1. The van der Waals surface area contributed by atoms with E-state index in [4.69, 9.17) is 0 Å². The molecule has 1 aromatic heterocycles. The summed E-state index contributed by atoms with van der Waals surface area (Å²) in [4.78, 5) is 17.9. The quantitative estimate of drug-likeness (QED) is 0.843. The molecule has 3 nitrogen and oxygen atoms in total. The predicted octanol–water partition coefficient (Wildman–Crippen LogP) is 3.68. The van der Waals surface area contributed by atoms with Crippen LogP contribution in [0.15, 0.2) is 30.5 Å². The van der Waals surface area contributed by atoms with Crippen molar-refractivity contribution in [3.63, 3.8) is 0 Å². The molecule has 0 saturated carbocycles. The third-order valence-electron chi connectivity index (χ3n) is 4.52. The van der Waals surface area contributed by atoms with Crippen LogP contribution in [0.3, 0.4) is 0 Å². The van der Waals surface area contributed by atoms with Gasteiger partial charge in [-0.2, -0.15) is 0 Å². The van der Waals surface area contributed by atoms with Crippen LogP contribution in [0.25, 0.3) is 10.9 Å². The van der Waals surface area contributed by atoms with Crippen LogP contribution in [0.1, 0.15) is 37.6 Å². The Balaban J connectivity index is 1.85. The number of aromatic amines is 1. The van der Waals surface area contributed by atoms with Crippen molar-refractivity contribution in [2.45, 2.75) is 27.2 Å². The molecule has 1 aliphatic rings. The van der Waals surface area contributed by atoms with Gasteiger partial charge in [0.05, 0.1) is 11.1 Å². The number of nitrogens with one attached hydrogen (secondary N) is 1. The van der Waals surface area contributed by atoms with Gasteiger partial charge in [0.2, 0.25) is 0 Å². The van der Waals surface area contributed by atoms with Crippen LogP contribution in [0.2, 0.25) is 0 Å². The van der Waals surface area contributed by atoms with E-state index < -0.39 is 0 Å². The summed E-state index contributed by atoms with van der Waals surface area (Å²) >= 11 is 0. The number of hydrogen-bond donors (Lipinski definition) is 1. The molecule has 0 radical (unpaired) electrons. The molecule has 1 amide bonds. The Labute approximate surface area is 120 Å². The van der Waals surface area contributed by atoms with E-state index in [1.807, 2.05) is 35.4 Å². The highest BCUT2D eigenvalue weighted by atomic mass is 16.2. The standard InChI is InChI=1S/C17H22N2O/c1-17(2,3)13-8-10-19(11-13)16(20)14-6-4-5-12-7-9-18-15(12)14/h4-7,9,13,18H,8,10-11H2,1-3H3. The normalized spacial score (nSPS) is 19.8. The van der Waals surface area contributed by atoms with Gasteiger partial charge in [-0.1, -0.05) is 32.9 Å². The van der Waals surface area contributed by atoms with Crippen molar-refractivity contribution in [1.82, 2.24) is 9.88 Å². The van der Waals surface area contributed by atoms with Gasteiger partial charge < -0.3 is 9.88 Å². The molecule has 1 aliphatic heterocycles. The molecule has 106 valence electrons. The largest absolute Gasteiger partial charge is 0.361 e. The highest BCUT2D eigenvalue weighted by Gasteiger charge is 2.34. The van der Waals surface area contributed by atoms with E-state index in [2.05, 4.69) is 25.8 Å². The number of rotatable bonds is 1. The van der Waals surface area contributed by atoms with E-state index in [1.165, 1.54) is 0 Å². The first kappa shape index (κ1) is 13.2. The smallest absolute Gasteiger partial charge is 0.255 e. The number of benzene rings is 1. The van der Waals surface area contributed by atoms with Crippen molar-refractivity contribution in [3.8, 4) is 0 Å². The van der Waals surface area contributed by atoms with Gasteiger partial charge >= 0.3 is 0 Å². The summed E-state index contributed by atoms with van der Waals surface area (Å²) in [5.74, 6) is 0.749. The number of para-hydroxylation sites is 1. The number of H-pyrrole nitrogens is 1. The Morgan fingerprint density at radius 3 is 2.80 bits per heavy atom. The molecule has 1 N–H and O–H groups in total. The molecule has 1 fully saturated rings. The highest BCUT2D eigenvalue weighted by Crippen LogP contribution is 2.34. The lowest BCUT2D eigenvalue weighted by molar-refractivity contribution is 0.0778. The molecule has 1 unspecified atom stereocenters. The SMILES string of the molecule is CC(C)(C)C1CCN(C(=O)c2cccc3cc[nH]c23)C1. The maximum Gasteiger partial charge on any atom is 0.255 e. The minimum absolute atomic E-state index is 0.157. The van der Waals surface area contributed by atoms with Crippen LogP contribution in [0.4, 0.5) is 0 Å². The minimum atomic E-state index is 0.157. The lowest BCUT2D eigenvalue weighted by Crippen LogP contribution is -2.31. The number of amides is 1. The highest BCUT2D eigenvalue weighted by molar-refractivity contribution is 6.05. The second-order valence-electron chi connectivity index (χ2n) is 6.85. The van der Waals surface area contributed by atoms with Crippen LogP contribution < -0.4 is 0 Å². The summed E-state index contributed by atoms with van der Waals surface area (Å²) in [7, 11) is 0. The van der Waals surface area contributed by atoms with Gasteiger partial charge in [-0.3, -0.25) is 4.79 Å². The van der Waals surface area contributed by atoms with Crippen molar-refractivity contribution >= 4 is 16.8 Å². The van der Waals surface area contributed by atoms with E-state index in [9.17, 15) is 4.79 Å². The first-order chi connectivity index (χ1) is 9.47. The lowest BCUT2D eigenvalue weighted by Gasteiger charge is -2.27. The molecular formula is C17H22N2O. The molecule has 1 aromatic carbocycles. The fourth-order valence-electron chi connectivity index (χ4n) is 3.09. The summed E-state index contributed by atoms with van der Waals surface area (Å²) in [5.41, 5.74) is 2.02. The van der Waals surface area contributed by atoms with Gasteiger partial charge in [0.25, 0.3) is 5.91 Å². The lowest BCUT2D eigenvalue weighted by atomic mass is 9.80. The maximum absolute atomic E-state index is 12.7. The maximum atomic E-state index is 12.7. The second kappa shape index (κ2) is 4.65. The molecule has 1 atom stereocenters. The number of carbonyl (C=O) groups is 1. The molecule has 2 heterocycles. The van der Waals surface area contributed by atoms with Crippen molar-refractivity contribution in [3.05, 3.63) is 36.0 Å². The first-order valence-electron chi connectivity index (χ1n) is 7.32. The zero-order chi connectivity index (χ0) is 14.3. The van der Waals surface area contributed by atoms with E-state index in [0.717, 1.165) is 36.0 Å². The second-order valence-corrected chi connectivity index (χ2v) is 6.85. The molecule has 0 spiro atoms. The first-order valence-corrected chi connectivity index (χ1v) is 7.32. The van der Waals surface area contributed by atoms with Gasteiger partial charge in [-0.25, -0.2) is 0 Å². The summed E-state index contributed by atoms with van der Waals surface area (Å²) in [5, 5.41) is 1.10. The van der Waals surface area contributed by atoms with Gasteiger partial charge in [-0.05, 0) is 29.9 Å². The Morgan fingerprint density at radius 2 is 2.10 bits per heavy atom. The fraction of sp³-hybridized carbons (Fsp3) is 0.471.